The summed E-state index contributed by atoms with van der Waals surface area (Å²) in [5.74, 6) is -0.0714. The van der Waals surface area contributed by atoms with Crippen LogP contribution >= 0.6 is 0 Å². The van der Waals surface area contributed by atoms with Gasteiger partial charge in [0.1, 0.15) is 0 Å². The minimum atomic E-state index is -0.0714. The van der Waals surface area contributed by atoms with E-state index in [1.165, 1.54) is 27.7 Å². The molecule has 3 N–H and O–H groups in total. The second-order valence-electron chi connectivity index (χ2n) is 8.59. The molecule has 3 rings (SSSR count). The highest BCUT2D eigenvalue weighted by atomic mass is 16.2. The number of aryl methyl sites for hydroxylation is 1. The Hall–Kier alpha value is -2.89. The third kappa shape index (κ3) is 7.58. The third-order valence-electron chi connectivity index (χ3n) is 5.86. The van der Waals surface area contributed by atoms with Gasteiger partial charge in [-0.15, -0.1) is 0 Å². The number of fused-ring (bicyclic) bond motifs is 1. The standard InChI is InChI=1S/C28H38N4O/c1-4-6-20-32(19-5-2)31-28(33)16-15-23-11-13-24(14-12-23)21-29-18-17-25-22(3)30-27-10-8-7-9-26(25)27/h7-16,29-30H,4-6,17-21H2,1-3H3,(H,31,33)/b16-15+. The average molecular weight is 447 g/mol. The van der Waals surface area contributed by atoms with Gasteiger partial charge in [0.25, 0.3) is 5.91 Å². The van der Waals surface area contributed by atoms with Crippen LogP contribution in [0.4, 0.5) is 0 Å². The summed E-state index contributed by atoms with van der Waals surface area (Å²) >= 11 is 0. The maximum atomic E-state index is 12.3. The number of carbonyl (C=O) groups excluding carboxylic acids is 1. The zero-order valence-corrected chi connectivity index (χ0v) is 20.3. The minimum absolute atomic E-state index is 0.0714. The van der Waals surface area contributed by atoms with Crippen molar-refractivity contribution < 1.29 is 4.79 Å². The van der Waals surface area contributed by atoms with E-state index in [0.29, 0.717) is 0 Å². The Morgan fingerprint density at radius 1 is 1.03 bits per heavy atom. The van der Waals surface area contributed by atoms with Gasteiger partial charge >= 0.3 is 0 Å². The van der Waals surface area contributed by atoms with Gasteiger partial charge in [0, 0.05) is 42.3 Å². The van der Waals surface area contributed by atoms with Gasteiger partial charge in [0.15, 0.2) is 0 Å². The smallest absolute Gasteiger partial charge is 0.258 e. The Balaban J connectivity index is 1.44. The Kier molecular flexibility index (Phi) is 9.73. The predicted octanol–water partition coefficient (Wildman–Crippen LogP) is 5.37. The van der Waals surface area contributed by atoms with E-state index in [0.717, 1.165) is 57.4 Å². The lowest BCUT2D eigenvalue weighted by molar-refractivity contribution is -0.121. The molecule has 33 heavy (non-hydrogen) atoms. The van der Waals surface area contributed by atoms with Crippen LogP contribution in [0.25, 0.3) is 17.0 Å². The van der Waals surface area contributed by atoms with Gasteiger partial charge in [-0.2, -0.15) is 0 Å². The molecule has 1 amide bonds. The largest absolute Gasteiger partial charge is 0.358 e. The molecule has 0 unspecified atom stereocenters. The van der Waals surface area contributed by atoms with Crippen molar-refractivity contribution in [2.45, 2.75) is 53.0 Å². The topological polar surface area (TPSA) is 60.2 Å². The first kappa shape index (κ1) is 24.7. The summed E-state index contributed by atoms with van der Waals surface area (Å²) in [7, 11) is 0. The fraction of sp³-hybridized carbons (Fsp3) is 0.393. The summed E-state index contributed by atoms with van der Waals surface area (Å²) in [6.45, 7) is 9.96. The average Bonchev–Trinajstić information content (AvgIpc) is 3.14. The highest BCUT2D eigenvalue weighted by molar-refractivity contribution is 5.91. The number of para-hydroxylation sites is 1. The quantitative estimate of drug-likeness (QED) is 0.188. The van der Waals surface area contributed by atoms with Gasteiger partial charge in [0.2, 0.25) is 0 Å². The van der Waals surface area contributed by atoms with Crippen molar-refractivity contribution in [3.8, 4) is 0 Å². The predicted molar refractivity (Wildman–Crippen MR) is 139 cm³/mol. The molecule has 0 radical (unpaired) electrons. The molecule has 0 saturated heterocycles. The molecule has 3 aromatic rings. The molecular weight excluding hydrogens is 408 g/mol. The number of hydrogen-bond donors (Lipinski definition) is 3. The summed E-state index contributed by atoms with van der Waals surface area (Å²) in [6, 6.07) is 16.8. The molecule has 0 bridgehead atoms. The summed E-state index contributed by atoms with van der Waals surface area (Å²) in [5, 5.41) is 6.89. The Labute approximate surface area is 198 Å². The van der Waals surface area contributed by atoms with E-state index in [1.54, 1.807) is 6.08 Å². The van der Waals surface area contributed by atoms with Crippen molar-refractivity contribution in [3.63, 3.8) is 0 Å². The highest BCUT2D eigenvalue weighted by Crippen LogP contribution is 2.21. The van der Waals surface area contributed by atoms with Crippen molar-refractivity contribution in [1.29, 1.82) is 0 Å². The summed E-state index contributed by atoms with van der Waals surface area (Å²) < 4.78 is 0. The van der Waals surface area contributed by atoms with Crippen LogP contribution in [0.15, 0.2) is 54.6 Å². The lowest BCUT2D eigenvalue weighted by Crippen LogP contribution is -2.42. The second kappa shape index (κ2) is 13.0. The maximum Gasteiger partial charge on any atom is 0.258 e. The SMILES string of the molecule is CCCCN(CCC)NC(=O)/C=C/c1ccc(CNCCc2c(C)[nH]c3ccccc23)cc1. The number of aromatic nitrogens is 1. The molecule has 176 valence electrons. The molecule has 0 aliphatic rings. The number of rotatable bonds is 13. The molecule has 5 nitrogen and oxygen atoms in total. The van der Waals surface area contributed by atoms with E-state index in [2.05, 4.69) is 85.0 Å². The Bertz CT molecular complexity index is 1040. The molecule has 2 aromatic carbocycles. The van der Waals surface area contributed by atoms with Crippen LogP contribution in [0.5, 0.6) is 0 Å². The second-order valence-corrected chi connectivity index (χ2v) is 8.59. The van der Waals surface area contributed by atoms with Crippen LogP contribution < -0.4 is 10.7 Å². The van der Waals surface area contributed by atoms with Gasteiger partial charge in [-0.3, -0.25) is 10.2 Å². The molecule has 0 aliphatic heterocycles. The number of nitrogens with one attached hydrogen (secondary N) is 3. The van der Waals surface area contributed by atoms with E-state index >= 15 is 0 Å². The molecule has 0 spiro atoms. The lowest BCUT2D eigenvalue weighted by Gasteiger charge is -2.21. The molecule has 1 heterocycles. The van der Waals surface area contributed by atoms with Gasteiger partial charge in [-0.05, 0) is 61.6 Å². The minimum Gasteiger partial charge on any atom is -0.358 e. The Morgan fingerprint density at radius 3 is 2.58 bits per heavy atom. The van der Waals surface area contributed by atoms with Crippen molar-refractivity contribution in [3.05, 3.63) is 77.0 Å². The third-order valence-corrected chi connectivity index (χ3v) is 5.86. The van der Waals surface area contributed by atoms with Crippen LogP contribution in [-0.4, -0.2) is 35.5 Å². The number of amides is 1. The lowest BCUT2D eigenvalue weighted by atomic mass is 10.1. The van der Waals surface area contributed by atoms with E-state index in [9.17, 15) is 4.79 Å². The monoisotopic (exact) mass is 446 g/mol. The summed E-state index contributed by atoms with van der Waals surface area (Å²) in [6.07, 6.45) is 7.71. The first-order chi connectivity index (χ1) is 16.1. The number of nitrogens with zero attached hydrogens (tertiary/aromatic N) is 1. The van der Waals surface area contributed by atoms with E-state index < -0.39 is 0 Å². The molecule has 5 heteroatoms. The zero-order valence-electron chi connectivity index (χ0n) is 20.3. The van der Waals surface area contributed by atoms with E-state index in [1.807, 2.05) is 11.1 Å². The van der Waals surface area contributed by atoms with Crippen LogP contribution in [0.3, 0.4) is 0 Å². The first-order valence-electron chi connectivity index (χ1n) is 12.2. The van der Waals surface area contributed by atoms with E-state index in [4.69, 9.17) is 0 Å². The van der Waals surface area contributed by atoms with Crippen LogP contribution in [0, 0.1) is 6.92 Å². The molecular formula is C28H38N4O. The van der Waals surface area contributed by atoms with Crippen LogP contribution in [0.1, 0.15) is 55.5 Å². The maximum absolute atomic E-state index is 12.3. The van der Waals surface area contributed by atoms with Crippen molar-refractivity contribution in [2.75, 3.05) is 19.6 Å². The fourth-order valence-corrected chi connectivity index (χ4v) is 4.06. The van der Waals surface area contributed by atoms with Crippen molar-refractivity contribution >= 4 is 22.9 Å². The normalized spacial score (nSPS) is 11.6. The number of hydrogen-bond acceptors (Lipinski definition) is 3. The number of benzene rings is 2. The zero-order chi connectivity index (χ0) is 23.5. The molecule has 0 saturated carbocycles. The number of carbonyl (C=O) groups is 1. The number of H-pyrrole nitrogens is 1. The number of aromatic amines is 1. The summed E-state index contributed by atoms with van der Waals surface area (Å²) in [5.41, 5.74) is 9.11. The van der Waals surface area contributed by atoms with Gasteiger partial charge < -0.3 is 10.3 Å². The van der Waals surface area contributed by atoms with Crippen molar-refractivity contribution in [2.24, 2.45) is 0 Å². The molecule has 1 aromatic heterocycles. The van der Waals surface area contributed by atoms with Crippen LogP contribution in [-0.2, 0) is 17.8 Å². The molecule has 0 fully saturated rings. The number of unbranched alkanes of at least 4 members (excludes halogenated alkanes) is 1. The van der Waals surface area contributed by atoms with Gasteiger partial charge in [-0.25, -0.2) is 5.01 Å². The van der Waals surface area contributed by atoms with Gasteiger partial charge in [0.05, 0.1) is 0 Å². The van der Waals surface area contributed by atoms with E-state index in [-0.39, 0.29) is 5.91 Å². The molecule has 0 atom stereocenters. The molecule has 0 aliphatic carbocycles. The van der Waals surface area contributed by atoms with Crippen molar-refractivity contribution in [1.82, 2.24) is 20.7 Å². The van der Waals surface area contributed by atoms with Gasteiger partial charge in [-0.1, -0.05) is 62.7 Å². The Morgan fingerprint density at radius 2 is 1.82 bits per heavy atom. The van der Waals surface area contributed by atoms with Crippen LogP contribution in [0.2, 0.25) is 0 Å². The fourth-order valence-electron chi connectivity index (χ4n) is 4.06. The number of hydrazine groups is 1. The first-order valence-corrected chi connectivity index (χ1v) is 12.2. The summed E-state index contributed by atoms with van der Waals surface area (Å²) in [4.78, 5) is 15.7. The highest BCUT2D eigenvalue weighted by Gasteiger charge is 2.07.